The van der Waals surface area contributed by atoms with Crippen molar-refractivity contribution < 1.29 is 14.7 Å². The Morgan fingerprint density at radius 2 is 1.68 bits per heavy atom. The Balaban J connectivity index is 1.48. The fraction of sp³-hybridized carbons (Fsp3) is 0.417. The van der Waals surface area contributed by atoms with Crippen LogP contribution in [0.25, 0.3) is 0 Å². The van der Waals surface area contributed by atoms with Crippen LogP contribution in [-0.2, 0) is 4.79 Å². The van der Waals surface area contributed by atoms with Crippen molar-refractivity contribution in [1.82, 2.24) is 9.80 Å². The second kappa shape index (κ2) is 9.18. The quantitative estimate of drug-likeness (QED) is 0.779. The highest BCUT2D eigenvalue weighted by Crippen LogP contribution is 2.35. The number of aryl methyl sites for hydroxylation is 1. The molecule has 2 heterocycles. The van der Waals surface area contributed by atoms with E-state index in [4.69, 9.17) is 11.6 Å². The minimum Gasteiger partial charge on any atom is -0.465 e. The van der Waals surface area contributed by atoms with Crippen LogP contribution < -0.4 is 4.90 Å². The van der Waals surface area contributed by atoms with Gasteiger partial charge in [0.05, 0.1) is 5.92 Å². The normalized spacial score (nSPS) is 21.8. The van der Waals surface area contributed by atoms with Crippen LogP contribution in [0.5, 0.6) is 0 Å². The van der Waals surface area contributed by atoms with Crippen molar-refractivity contribution in [2.45, 2.75) is 19.3 Å². The number of piperidine rings is 1. The maximum atomic E-state index is 13.5. The lowest BCUT2D eigenvalue weighted by Crippen LogP contribution is -2.54. The first kappa shape index (κ1) is 21.5. The average Bonchev–Trinajstić information content (AvgIpc) is 2.80. The van der Waals surface area contributed by atoms with Crippen molar-refractivity contribution in [3.8, 4) is 0 Å². The standard InChI is InChI=1S/C24H28ClN3O3/c1-17-7-8-19(25)15-22(17)26-11-13-27(14-12-26)23(29)21-16-28(24(30)31)10-9-20(21)18-5-3-2-4-6-18/h2-8,15,20-21H,9-14,16H2,1H3,(H,30,31)/t20-,21-/m1/s1. The zero-order chi connectivity index (χ0) is 22.0. The Morgan fingerprint density at radius 3 is 2.35 bits per heavy atom. The van der Waals surface area contributed by atoms with E-state index in [0.29, 0.717) is 31.1 Å². The molecule has 31 heavy (non-hydrogen) atoms. The molecule has 0 aromatic heterocycles. The van der Waals surface area contributed by atoms with E-state index in [0.717, 1.165) is 29.9 Å². The second-order valence-corrected chi connectivity index (χ2v) is 8.82. The number of hydrogen-bond donors (Lipinski definition) is 1. The van der Waals surface area contributed by atoms with Gasteiger partial charge in [-0.2, -0.15) is 0 Å². The molecule has 0 unspecified atom stereocenters. The molecule has 2 aromatic rings. The summed E-state index contributed by atoms with van der Waals surface area (Å²) in [6.07, 6.45) is -0.292. The molecule has 4 rings (SSSR count). The average molecular weight is 442 g/mol. The van der Waals surface area contributed by atoms with Crippen LogP contribution in [0.4, 0.5) is 10.5 Å². The third kappa shape index (κ3) is 4.64. The van der Waals surface area contributed by atoms with Crippen LogP contribution in [0.2, 0.25) is 5.02 Å². The number of nitrogens with zero attached hydrogens (tertiary/aromatic N) is 3. The van der Waals surface area contributed by atoms with Crippen molar-refractivity contribution in [2.75, 3.05) is 44.2 Å². The Bertz CT molecular complexity index is 944. The largest absolute Gasteiger partial charge is 0.465 e. The molecule has 2 amide bonds. The molecule has 0 saturated carbocycles. The number of hydrogen-bond acceptors (Lipinski definition) is 3. The molecule has 2 atom stereocenters. The molecular formula is C24H28ClN3O3. The third-order valence-corrected chi connectivity index (χ3v) is 6.77. The number of amides is 2. The summed E-state index contributed by atoms with van der Waals surface area (Å²) in [6.45, 7) is 5.49. The molecule has 0 spiro atoms. The number of likely N-dealkylation sites (tertiary alicyclic amines) is 1. The zero-order valence-corrected chi connectivity index (χ0v) is 18.5. The van der Waals surface area contributed by atoms with Gasteiger partial charge in [0.15, 0.2) is 0 Å². The predicted molar refractivity (Wildman–Crippen MR) is 122 cm³/mol. The maximum absolute atomic E-state index is 13.5. The van der Waals surface area contributed by atoms with Gasteiger partial charge < -0.3 is 19.8 Å². The monoisotopic (exact) mass is 441 g/mol. The smallest absolute Gasteiger partial charge is 0.407 e. The molecule has 0 aliphatic carbocycles. The van der Waals surface area contributed by atoms with Gasteiger partial charge in [-0.25, -0.2) is 4.79 Å². The Morgan fingerprint density at radius 1 is 0.968 bits per heavy atom. The topological polar surface area (TPSA) is 64.1 Å². The van der Waals surface area contributed by atoms with Gasteiger partial charge in [0, 0.05) is 50.0 Å². The van der Waals surface area contributed by atoms with E-state index < -0.39 is 6.09 Å². The maximum Gasteiger partial charge on any atom is 0.407 e. The van der Waals surface area contributed by atoms with Crippen molar-refractivity contribution in [2.24, 2.45) is 5.92 Å². The number of anilines is 1. The Labute approximate surface area is 188 Å². The molecule has 2 aliphatic rings. The molecule has 2 fully saturated rings. The van der Waals surface area contributed by atoms with Crippen molar-refractivity contribution in [1.29, 1.82) is 0 Å². The first-order chi connectivity index (χ1) is 14.9. The number of benzene rings is 2. The predicted octanol–water partition coefficient (Wildman–Crippen LogP) is 4.08. The number of carboxylic acid groups (broad SMARTS) is 1. The fourth-order valence-electron chi connectivity index (χ4n) is 4.80. The zero-order valence-electron chi connectivity index (χ0n) is 17.7. The highest BCUT2D eigenvalue weighted by molar-refractivity contribution is 6.30. The van der Waals surface area contributed by atoms with Gasteiger partial charge in [-0.3, -0.25) is 4.79 Å². The molecule has 0 radical (unpaired) electrons. The molecule has 7 heteroatoms. The van der Waals surface area contributed by atoms with Crippen LogP contribution in [0.3, 0.4) is 0 Å². The van der Waals surface area contributed by atoms with Crippen LogP contribution in [0.15, 0.2) is 48.5 Å². The molecule has 164 valence electrons. The Kier molecular flexibility index (Phi) is 6.37. The van der Waals surface area contributed by atoms with Gasteiger partial charge >= 0.3 is 6.09 Å². The molecule has 1 N–H and O–H groups in total. The summed E-state index contributed by atoms with van der Waals surface area (Å²) in [7, 11) is 0. The fourth-order valence-corrected chi connectivity index (χ4v) is 4.97. The highest BCUT2D eigenvalue weighted by Gasteiger charge is 2.39. The molecule has 2 saturated heterocycles. The number of halogens is 1. The van der Waals surface area contributed by atoms with E-state index in [2.05, 4.69) is 11.8 Å². The van der Waals surface area contributed by atoms with Gasteiger partial charge in [0.25, 0.3) is 0 Å². The summed E-state index contributed by atoms with van der Waals surface area (Å²) >= 11 is 6.19. The minimum absolute atomic E-state index is 0.0394. The van der Waals surface area contributed by atoms with Gasteiger partial charge in [-0.15, -0.1) is 0 Å². The summed E-state index contributed by atoms with van der Waals surface area (Å²) in [5, 5.41) is 10.2. The third-order valence-electron chi connectivity index (χ3n) is 6.53. The molecule has 2 aliphatic heterocycles. The van der Waals surface area contributed by atoms with Crippen molar-refractivity contribution in [3.63, 3.8) is 0 Å². The molecular weight excluding hydrogens is 414 g/mol. The van der Waals surface area contributed by atoms with Gasteiger partial charge in [0.2, 0.25) is 5.91 Å². The summed E-state index contributed by atoms with van der Waals surface area (Å²) in [5.41, 5.74) is 3.38. The first-order valence-electron chi connectivity index (χ1n) is 10.8. The van der Waals surface area contributed by atoms with Gasteiger partial charge in [0.1, 0.15) is 0 Å². The van der Waals surface area contributed by atoms with E-state index in [9.17, 15) is 14.7 Å². The lowest BCUT2D eigenvalue weighted by atomic mass is 9.79. The summed E-state index contributed by atoms with van der Waals surface area (Å²) < 4.78 is 0. The van der Waals surface area contributed by atoms with E-state index in [-0.39, 0.29) is 24.3 Å². The van der Waals surface area contributed by atoms with E-state index in [1.165, 1.54) is 4.90 Å². The molecule has 0 bridgehead atoms. The van der Waals surface area contributed by atoms with Crippen molar-refractivity contribution in [3.05, 3.63) is 64.7 Å². The van der Waals surface area contributed by atoms with Crippen LogP contribution in [0.1, 0.15) is 23.5 Å². The summed E-state index contributed by atoms with van der Waals surface area (Å²) in [6, 6.07) is 15.9. The SMILES string of the molecule is Cc1ccc(Cl)cc1N1CCN(C(=O)[C@@H]2CN(C(=O)O)CC[C@@H]2c2ccccc2)CC1. The summed E-state index contributed by atoms with van der Waals surface area (Å²) in [4.78, 5) is 30.7. The molecule has 6 nitrogen and oxygen atoms in total. The van der Waals surface area contributed by atoms with E-state index in [1.807, 2.05) is 53.4 Å². The van der Waals surface area contributed by atoms with Gasteiger partial charge in [-0.1, -0.05) is 48.0 Å². The van der Waals surface area contributed by atoms with Crippen LogP contribution >= 0.6 is 11.6 Å². The summed E-state index contributed by atoms with van der Waals surface area (Å²) in [5.74, 6) is -0.258. The lowest BCUT2D eigenvalue weighted by Gasteiger charge is -2.42. The second-order valence-electron chi connectivity index (χ2n) is 8.38. The highest BCUT2D eigenvalue weighted by atomic mass is 35.5. The minimum atomic E-state index is -0.953. The number of rotatable bonds is 3. The molecule has 2 aromatic carbocycles. The van der Waals surface area contributed by atoms with Gasteiger partial charge in [-0.05, 0) is 42.5 Å². The lowest BCUT2D eigenvalue weighted by molar-refractivity contribution is -0.138. The van der Waals surface area contributed by atoms with Crippen LogP contribution in [-0.4, -0.2) is 66.2 Å². The first-order valence-corrected chi connectivity index (χ1v) is 11.1. The van der Waals surface area contributed by atoms with E-state index >= 15 is 0 Å². The number of carbonyl (C=O) groups excluding carboxylic acids is 1. The van der Waals surface area contributed by atoms with Crippen molar-refractivity contribution >= 4 is 29.3 Å². The van der Waals surface area contributed by atoms with Crippen LogP contribution in [0, 0.1) is 12.8 Å². The number of piperazine rings is 1. The van der Waals surface area contributed by atoms with E-state index in [1.54, 1.807) is 0 Å². The number of carbonyl (C=O) groups is 2. The Hall–Kier alpha value is -2.73.